The molecule has 1 aromatic heterocycles. The van der Waals surface area contributed by atoms with Crippen LogP contribution in [-0.2, 0) is 16.0 Å². The Morgan fingerprint density at radius 2 is 1.86 bits per heavy atom. The Morgan fingerprint density at radius 1 is 1.11 bits per heavy atom. The van der Waals surface area contributed by atoms with E-state index >= 15 is 0 Å². The molecule has 0 radical (unpaired) electrons. The van der Waals surface area contributed by atoms with Crippen molar-refractivity contribution in [3.05, 3.63) is 70.9 Å². The Morgan fingerprint density at radius 3 is 2.60 bits per heavy atom. The number of nitriles is 1. The number of amides is 1. The minimum Gasteiger partial charge on any atom is -0.508 e. The molecule has 1 fully saturated rings. The van der Waals surface area contributed by atoms with Crippen LogP contribution in [0.15, 0.2) is 48.5 Å². The molecule has 0 saturated heterocycles. The zero-order valence-electron chi connectivity index (χ0n) is 19.2. The van der Waals surface area contributed by atoms with Crippen LogP contribution in [0, 0.1) is 11.3 Å². The summed E-state index contributed by atoms with van der Waals surface area (Å²) in [7, 11) is 0. The quantitative estimate of drug-likeness (QED) is 0.533. The van der Waals surface area contributed by atoms with Crippen LogP contribution in [0.1, 0.15) is 59.3 Å². The van der Waals surface area contributed by atoms with Crippen LogP contribution in [0.5, 0.6) is 5.75 Å². The minimum absolute atomic E-state index is 0.200. The first-order chi connectivity index (χ1) is 17.0. The van der Waals surface area contributed by atoms with Gasteiger partial charge >= 0.3 is 5.97 Å². The summed E-state index contributed by atoms with van der Waals surface area (Å²) in [6.45, 7) is -0.441. The van der Waals surface area contributed by atoms with E-state index in [-0.39, 0.29) is 5.75 Å². The van der Waals surface area contributed by atoms with Crippen molar-refractivity contribution in [3.63, 3.8) is 0 Å². The summed E-state index contributed by atoms with van der Waals surface area (Å²) in [5.74, 6) is -0.839. The third-order valence-corrected chi connectivity index (χ3v) is 6.76. The van der Waals surface area contributed by atoms with Gasteiger partial charge < -0.3 is 15.2 Å². The highest BCUT2D eigenvalue weighted by atomic mass is 16.5. The number of benzene rings is 2. The average Bonchev–Trinajstić information content (AvgIpc) is 3.50. The van der Waals surface area contributed by atoms with Crippen molar-refractivity contribution in [2.24, 2.45) is 0 Å². The molecule has 0 spiro atoms. The Balaban J connectivity index is 1.43. The Kier molecular flexibility index (Phi) is 5.96. The molecular weight excluding hydrogens is 442 g/mol. The van der Waals surface area contributed by atoms with Crippen molar-refractivity contribution in [1.82, 2.24) is 10.3 Å². The number of hydrogen-bond donors (Lipinski definition) is 2. The summed E-state index contributed by atoms with van der Waals surface area (Å²) < 4.78 is 5.45. The van der Waals surface area contributed by atoms with E-state index in [4.69, 9.17) is 9.72 Å². The van der Waals surface area contributed by atoms with Crippen molar-refractivity contribution >= 4 is 34.4 Å². The van der Waals surface area contributed by atoms with E-state index < -0.39 is 24.0 Å². The van der Waals surface area contributed by atoms with Crippen LogP contribution in [0.25, 0.3) is 22.6 Å². The average molecular weight is 468 g/mol. The topological polar surface area (TPSA) is 112 Å². The highest BCUT2D eigenvalue weighted by Crippen LogP contribution is 2.38. The van der Waals surface area contributed by atoms with E-state index in [0.29, 0.717) is 42.1 Å². The molecule has 1 saturated carbocycles. The molecule has 1 amide bonds. The first-order valence-corrected chi connectivity index (χ1v) is 11.8. The largest absolute Gasteiger partial charge is 0.508 e. The zero-order chi connectivity index (χ0) is 24.4. The number of phenols is 1. The van der Waals surface area contributed by atoms with Gasteiger partial charge in [0.25, 0.3) is 5.91 Å². The molecule has 2 aromatic carbocycles. The summed E-state index contributed by atoms with van der Waals surface area (Å²) in [6, 6.07) is 16.5. The second-order valence-electron chi connectivity index (χ2n) is 9.12. The fourth-order valence-electron chi connectivity index (χ4n) is 5.03. The monoisotopic (exact) mass is 467 g/mol. The lowest BCUT2D eigenvalue weighted by Gasteiger charge is -2.21. The first kappa shape index (κ1) is 22.6. The number of aromatic hydroxyl groups is 1. The maximum Gasteiger partial charge on any atom is 0.339 e. The van der Waals surface area contributed by atoms with Gasteiger partial charge in [0.15, 0.2) is 6.61 Å². The van der Waals surface area contributed by atoms with Crippen LogP contribution in [0.3, 0.4) is 0 Å². The van der Waals surface area contributed by atoms with E-state index in [1.54, 1.807) is 12.1 Å². The van der Waals surface area contributed by atoms with Gasteiger partial charge in [-0.3, -0.25) is 4.79 Å². The number of esters is 1. The number of nitrogens with zero attached hydrogens (tertiary/aromatic N) is 2. The molecule has 2 N–H and O–H groups in total. The first-order valence-electron chi connectivity index (χ1n) is 11.8. The number of phenolic OH excluding ortho intramolecular Hbond substituents is 1. The van der Waals surface area contributed by atoms with Gasteiger partial charge in [-0.15, -0.1) is 0 Å². The van der Waals surface area contributed by atoms with Gasteiger partial charge in [-0.2, -0.15) is 5.26 Å². The number of para-hydroxylation sites is 1. The van der Waals surface area contributed by atoms with Gasteiger partial charge in [-0.05, 0) is 79.5 Å². The number of fused-ring (bicyclic) bond motifs is 2. The summed E-state index contributed by atoms with van der Waals surface area (Å²) in [5, 5.41) is 22.5. The number of carbonyl (C=O) groups is 2. The molecule has 0 aliphatic heterocycles. The van der Waals surface area contributed by atoms with Gasteiger partial charge in [0, 0.05) is 5.39 Å². The smallest absolute Gasteiger partial charge is 0.339 e. The Hall–Kier alpha value is -4.18. The van der Waals surface area contributed by atoms with Crippen LogP contribution < -0.4 is 5.32 Å². The second kappa shape index (κ2) is 9.22. The lowest BCUT2D eigenvalue weighted by atomic mass is 10.00. The molecule has 0 atom stereocenters. The summed E-state index contributed by atoms with van der Waals surface area (Å²) >= 11 is 0. The number of aromatic nitrogens is 1. The van der Waals surface area contributed by atoms with Gasteiger partial charge in [0.1, 0.15) is 11.3 Å². The van der Waals surface area contributed by atoms with Gasteiger partial charge in [-0.25, -0.2) is 9.78 Å². The van der Waals surface area contributed by atoms with Crippen molar-refractivity contribution < 1.29 is 19.4 Å². The molecule has 2 aliphatic carbocycles. The fraction of sp³-hybridized carbons (Fsp3) is 0.286. The number of rotatable bonds is 5. The van der Waals surface area contributed by atoms with E-state index in [1.165, 1.54) is 0 Å². The molecule has 3 aromatic rings. The maximum atomic E-state index is 13.3. The second-order valence-corrected chi connectivity index (χ2v) is 9.12. The van der Waals surface area contributed by atoms with Crippen molar-refractivity contribution in [1.29, 1.82) is 5.26 Å². The molecule has 5 rings (SSSR count). The van der Waals surface area contributed by atoms with Crippen molar-refractivity contribution in [2.75, 3.05) is 6.61 Å². The van der Waals surface area contributed by atoms with E-state index in [2.05, 4.69) is 11.4 Å². The molecule has 2 aliphatic rings. The zero-order valence-corrected chi connectivity index (χ0v) is 19.2. The summed E-state index contributed by atoms with van der Waals surface area (Å²) in [5.41, 5.74) is 3.74. The maximum absolute atomic E-state index is 13.3. The third-order valence-electron chi connectivity index (χ3n) is 6.76. The predicted molar refractivity (Wildman–Crippen MR) is 131 cm³/mol. The van der Waals surface area contributed by atoms with E-state index in [0.717, 1.165) is 35.2 Å². The van der Waals surface area contributed by atoms with Crippen molar-refractivity contribution in [3.8, 4) is 11.8 Å². The fourth-order valence-corrected chi connectivity index (χ4v) is 5.03. The molecular formula is C28H25N3O4. The molecule has 1 heterocycles. The predicted octanol–water partition coefficient (Wildman–Crippen LogP) is 4.54. The SMILES string of the molecule is N#CC1(NC(=O)COC(=O)c2c3c(nc4ccccc24)/C(=C/c2ccc(O)cc2)CC3)CCCC1. The molecule has 176 valence electrons. The normalized spacial score (nSPS) is 17.2. The van der Waals surface area contributed by atoms with E-state index in [9.17, 15) is 20.0 Å². The van der Waals surface area contributed by atoms with Gasteiger partial charge in [-0.1, -0.05) is 30.3 Å². The molecule has 7 nitrogen and oxygen atoms in total. The minimum atomic E-state index is -0.859. The summed E-state index contributed by atoms with van der Waals surface area (Å²) in [4.78, 5) is 30.6. The molecule has 0 unspecified atom stereocenters. The summed E-state index contributed by atoms with van der Waals surface area (Å²) in [6.07, 6.45) is 6.37. The molecule has 0 bridgehead atoms. The number of hydrogen-bond acceptors (Lipinski definition) is 6. The number of nitrogens with one attached hydrogen (secondary N) is 1. The van der Waals surface area contributed by atoms with Crippen LogP contribution in [0.2, 0.25) is 0 Å². The van der Waals surface area contributed by atoms with Gasteiger partial charge in [0.05, 0.1) is 22.8 Å². The lowest BCUT2D eigenvalue weighted by molar-refractivity contribution is -0.125. The number of carbonyl (C=O) groups excluding carboxylic acids is 2. The van der Waals surface area contributed by atoms with E-state index in [1.807, 2.05) is 42.5 Å². The highest BCUT2D eigenvalue weighted by molar-refractivity contribution is 6.07. The Bertz CT molecular complexity index is 1380. The number of allylic oxidation sites excluding steroid dienone is 1. The lowest BCUT2D eigenvalue weighted by Crippen LogP contribution is -2.46. The number of pyridine rings is 1. The van der Waals surface area contributed by atoms with Gasteiger partial charge in [0.2, 0.25) is 0 Å². The highest BCUT2D eigenvalue weighted by Gasteiger charge is 2.35. The molecule has 35 heavy (non-hydrogen) atoms. The van der Waals surface area contributed by atoms with Crippen molar-refractivity contribution in [2.45, 2.75) is 44.1 Å². The van der Waals surface area contributed by atoms with Crippen LogP contribution in [0.4, 0.5) is 0 Å². The third kappa shape index (κ3) is 4.47. The van der Waals surface area contributed by atoms with Crippen LogP contribution in [-0.4, -0.2) is 34.1 Å². The standard InChI is InChI=1S/C28H25N3O4/c29-17-28(13-3-4-14-28)31-24(33)16-35-27(34)25-21-5-1-2-6-23(21)30-26-19(9-12-22(25)26)15-18-7-10-20(32)11-8-18/h1-2,5-8,10-11,15,32H,3-4,9,12-14,16H2,(H,31,33)/b19-15+. The van der Waals surface area contributed by atoms with Crippen LogP contribution >= 0.6 is 0 Å². The Labute approximate surface area is 203 Å². The molecule has 7 heteroatoms. The number of ether oxygens (including phenoxy) is 1.